The van der Waals surface area contributed by atoms with Gasteiger partial charge in [0.15, 0.2) is 0 Å². The highest BCUT2D eigenvalue weighted by Gasteiger charge is 1.92. The molecule has 0 rings (SSSR count). The molecular weight excluding hydrogens is 176 g/mol. The van der Waals surface area contributed by atoms with Crippen LogP contribution in [0.2, 0.25) is 0 Å². The topological polar surface area (TPSA) is 23.1 Å². The first-order chi connectivity index (χ1) is 3.27. The zero-order valence-corrected chi connectivity index (χ0v) is 6.72. The van der Waals surface area contributed by atoms with Crippen LogP contribution in [0.5, 0.6) is 0 Å². The largest absolute Gasteiger partial charge is 0.617 e. The molecule has 0 radical (unpaired) electrons. The Bertz CT molecular complexity index is 40.7. The molecule has 0 aromatic carbocycles. The van der Waals surface area contributed by atoms with Crippen LogP contribution in [0.4, 0.5) is 0 Å². The molecule has 0 aliphatic heterocycles. The quantitative estimate of drug-likeness (QED) is 0.477. The molecule has 0 N–H and O–H groups in total. The molecule has 1 atom stereocenters. The smallest absolute Gasteiger partial charge is 0.106 e. The van der Waals surface area contributed by atoms with Gasteiger partial charge >= 0.3 is 0 Å². The van der Waals surface area contributed by atoms with Gasteiger partial charge in [0.2, 0.25) is 0 Å². The Morgan fingerprint density at radius 1 is 1.71 bits per heavy atom. The number of alkyl halides is 1. The fraction of sp³-hybridized carbons (Fsp3) is 1.00. The van der Waals surface area contributed by atoms with E-state index in [1.807, 2.05) is 0 Å². The van der Waals surface area contributed by atoms with E-state index in [0.717, 1.165) is 17.5 Å². The highest BCUT2D eigenvalue weighted by Crippen LogP contribution is 1.91. The minimum Gasteiger partial charge on any atom is -0.617 e. The summed E-state index contributed by atoms with van der Waals surface area (Å²) in [6.07, 6.45) is 2.74. The zero-order chi connectivity index (χ0) is 5.70. The van der Waals surface area contributed by atoms with Gasteiger partial charge in [0, 0.05) is 11.8 Å². The van der Waals surface area contributed by atoms with E-state index in [2.05, 4.69) is 15.9 Å². The van der Waals surface area contributed by atoms with Crippen molar-refractivity contribution in [3.05, 3.63) is 0 Å². The molecule has 1 unspecified atom stereocenters. The van der Waals surface area contributed by atoms with Gasteiger partial charge in [-0.1, -0.05) is 27.1 Å². The van der Waals surface area contributed by atoms with E-state index in [0.29, 0.717) is 0 Å². The van der Waals surface area contributed by atoms with Gasteiger partial charge in [0.05, 0.1) is 6.26 Å². The Kier molecular flexibility index (Phi) is 5.49. The lowest BCUT2D eigenvalue weighted by molar-refractivity contribution is 0.599. The Labute approximate surface area is 55.8 Å². The summed E-state index contributed by atoms with van der Waals surface area (Å²) in [5.41, 5.74) is 0. The van der Waals surface area contributed by atoms with Crippen molar-refractivity contribution in [3.8, 4) is 0 Å². The van der Waals surface area contributed by atoms with Crippen LogP contribution in [-0.4, -0.2) is 21.9 Å². The molecule has 44 valence electrons. The molecule has 0 fully saturated rings. The third-order valence-electron chi connectivity index (χ3n) is 0.565. The Morgan fingerprint density at radius 3 is 2.43 bits per heavy atom. The molecule has 0 aliphatic rings. The Hall–Kier alpha value is 0.790. The summed E-state index contributed by atoms with van der Waals surface area (Å²) < 4.78 is 10.3. The van der Waals surface area contributed by atoms with E-state index in [1.165, 1.54) is 0 Å². The molecule has 0 saturated carbocycles. The van der Waals surface area contributed by atoms with Crippen molar-refractivity contribution < 1.29 is 4.55 Å². The van der Waals surface area contributed by atoms with Crippen LogP contribution in [0.15, 0.2) is 0 Å². The standard InChI is InChI=1S/C4H9BrOS/c1-7(6)4-2-3-5/h2-4H2,1H3. The van der Waals surface area contributed by atoms with Crippen molar-refractivity contribution in [1.82, 2.24) is 0 Å². The SMILES string of the molecule is C[S+]([O-])CCCBr. The fourth-order valence-corrected chi connectivity index (χ4v) is 1.46. The second-order valence-electron chi connectivity index (χ2n) is 1.32. The highest BCUT2D eigenvalue weighted by atomic mass is 79.9. The monoisotopic (exact) mass is 184 g/mol. The van der Waals surface area contributed by atoms with E-state index in [4.69, 9.17) is 0 Å². The van der Waals surface area contributed by atoms with Crippen molar-refractivity contribution in [3.63, 3.8) is 0 Å². The first-order valence-electron chi connectivity index (χ1n) is 2.13. The fourth-order valence-electron chi connectivity index (χ4n) is 0.258. The van der Waals surface area contributed by atoms with E-state index in [9.17, 15) is 4.55 Å². The van der Waals surface area contributed by atoms with Gasteiger partial charge in [-0.25, -0.2) is 0 Å². The first kappa shape index (κ1) is 7.79. The normalized spacial score (nSPS) is 14.1. The number of hydrogen-bond acceptors (Lipinski definition) is 1. The molecule has 0 saturated heterocycles. The lowest BCUT2D eigenvalue weighted by atomic mass is 10.6. The summed E-state index contributed by atoms with van der Waals surface area (Å²) >= 11 is 2.65. The van der Waals surface area contributed by atoms with E-state index in [1.54, 1.807) is 6.26 Å². The van der Waals surface area contributed by atoms with Crippen molar-refractivity contribution in [2.24, 2.45) is 0 Å². The summed E-state index contributed by atoms with van der Waals surface area (Å²) in [5, 5.41) is 0.965. The molecule has 0 heterocycles. The Morgan fingerprint density at radius 2 is 2.29 bits per heavy atom. The molecule has 0 amide bonds. The van der Waals surface area contributed by atoms with Crippen LogP contribution < -0.4 is 0 Å². The van der Waals surface area contributed by atoms with E-state index in [-0.39, 0.29) is 0 Å². The average molecular weight is 185 g/mol. The van der Waals surface area contributed by atoms with Gasteiger partial charge in [0.1, 0.15) is 5.75 Å². The maximum atomic E-state index is 10.3. The van der Waals surface area contributed by atoms with Crippen molar-refractivity contribution in [1.29, 1.82) is 0 Å². The van der Waals surface area contributed by atoms with Gasteiger partial charge in [-0.05, 0) is 0 Å². The number of rotatable bonds is 3. The third-order valence-corrected chi connectivity index (χ3v) is 1.99. The van der Waals surface area contributed by atoms with Crippen molar-refractivity contribution in [2.75, 3.05) is 17.3 Å². The lowest BCUT2D eigenvalue weighted by Crippen LogP contribution is -2.02. The second kappa shape index (κ2) is 4.94. The molecule has 7 heavy (non-hydrogen) atoms. The van der Waals surface area contributed by atoms with Crippen LogP contribution >= 0.6 is 15.9 Å². The summed E-state index contributed by atoms with van der Waals surface area (Å²) in [5.74, 6) is 0.825. The van der Waals surface area contributed by atoms with E-state index >= 15 is 0 Å². The van der Waals surface area contributed by atoms with Crippen molar-refractivity contribution >= 4 is 27.1 Å². The van der Waals surface area contributed by atoms with Crippen molar-refractivity contribution in [2.45, 2.75) is 6.42 Å². The molecular formula is C4H9BrOS. The van der Waals surface area contributed by atoms with Crippen LogP contribution in [-0.2, 0) is 11.2 Å². The number of hydrogen-bond donors (Lipinski definition) is 0. The molecule has 1 nitrogen and oxygen atoms in total. The van der Waals surface area contributed by atoms with Gasteiger partial charge in [-0.2, -0.15) is 0 Å². The van der Waals surface area contributed by atoms with Crippen LogP contribution in [0.3, 0.4) is 0 Å². The lowest BCUT2D eigenvalue weighted by Gasteiger charge is -2.00. The predicted octanol–water partition coefficient (Wildman–Crippen LogP) is 1.15. The minimum atomic E-state index is -0.595. The Balaban J connectivity index is 2.68. The first-order valence-corrected chi connectivity index (χ1v) is 4.98. The van der Waals surface area contributed by atoms with Gasteiger partial charge in [-0.3, -0.25) is 0 Å². The summed E-state index contributed by atoms with van der Waals surface area (Å²) in [6.45, 7) is 0. The molecule has 0 bridgehead atoms. The summed E-state index contributed by atoms with van der Waals surface area (Å²) in [6, 6.07) is 0. The molecule has 0 spiro atoms. The molecule has 0 aromatic rings. The van der Waals surface area contributed by atoms with Gasteiger partial charge in [0.25, 0.3) is 0 Å². The van der Waals surface area contributed by atoms with Crippen LogP contribution in [0.1, 0.15) is 6.42 Å². The summed E-state index contributed by atoms with van der Waals surface area (Å²) in [4.78, 5) is 0. The molecule has 0 aromatic heterocycles. The average Bonchev–Trinajstić information content (AvgIpc) is 1.61. The predicted molar refractivity (Wildman–Crippen MR) is 37.3 cm³/mol. The maximum absolute atomic E-state index is 10.3. The number of halogens is 1. The van der Waals surface area contributed by atoms with E-state index < -0.39 is 11.2 Å². The maximum Gasteiger partial charge on any atom is 0.106 e. The molecule has 0 aliphatic carbocycles. The van der Waals surface area contributed by atoms with Gasteiger partial charge < -0.3 is 4.55 Å². The highest BCUT2D eigenvalue weighted by molar-refractivity contribution is 9.09. The summed E-state index contributed by atoms with van der Waals surface area (Å²) in [7, 11) is 0. The zero-order valence-electron chi connectivity index (χ0n) is 4.32. The minimum absolute atomic E-state index is 0.595. The third kappa shape index (κ3) is 6.79. The molecule has 3 heteroatoms. The second-order valence-corrected chi connectivity index (χ2v) is 3.67. The van der Waals surface area contributed by atoms with Gasteiger partial charge in [-0.15, -0.1) is 0 Å². The van der Waals surface area contributed by atoms with Crippen LogP contribution in [0.25, 0.3) is 0 Å². The van der Waals surface area contributed by atoms with Crippen LogP contribution in [0, 0.1) is 0 Å².